The minimum atomic E-state index is -1.03. The van der Waals surface area contributed by atoms with Crippen molar-refractivity contribution in [3.8, 4) is 0 Å². The molecule has 0 saturated carbocycles. The first-order valence-corrected chi connectivity index (χ1v) is 21.2. The molecule has 0 aromatic heterocycles. The molecule has 0 amide bonds. The molecule has 47 heavy (non-hydrogen) atoms. The molecular weight excluding hydrogens is 672 g/mol. The number of carboxylic acid groups (broad SMARTS) is 2. The quantitative estimate of drug-likeness (QED) is 0.0380. The van der Waals surface area contributed by atoms with Gasteiger partial charge in [-0.3, -0.25) is 0 Å². The molecule has 0 fully saturated rings. The molecule has 0 aliphatic heterocycles. The predicted molar refractivity (Wildman–Crippen MR) is 204 cm³/mol. The van der Waals surface area contributed by atoms with Crippen LogP contribution in [-0.2, 0) is 26.7 Å². The van der Waals surface area contributed by atoms with Crippen LogP contribution in [0.2, 0.25) is 0 Å². The molecule has 0 spiro atoms. The number of rotatable bonds is 36. The van der Waals surface area contributed by atoms with Crippen molar-refractivity contribution >= 4 is 37.2 Å². The normalized spacial score (nSPS) is 12.2. The minimum Gasteiger partial charge on any atom is -0.549 e. The summed E-state index contributed by atoms with van der Waals surface area (Å²) in [5.74, 6) is -2.07. The van der Waals surface area contributed by atoms with E-state index in [0.29, 0.717) is 12.8 Å². The fraction of sp³-hybridized carbons (Fsp3) is 0.950. The van der Waals surface area contributed by atoms with Crippen LogP contribution in [0.5, 0.6) is 0 Å². The van der Waals surface area contributed by atoms with E-state index in [9.17, 15) is 19.8 Å². The maximum absolute atomic E-state index is 10.5. The Morgan fingerprint density at radius 1 is 0.362 bits per heavy atom. The second-order valence-electron chi connectivity index (χ2n) is 13.9. The number of aliphatic carboxylic acids is 2. The monoisotopic (exact) mass is 749 g/mol. The molecule has 0 saturated heterocycles. The van der Waals surface area contributed by atoms with Crippen LogP contribution in [-0.4, -0.2) is 22.4 Å². The Morgan fingerprint density at radius 2 is 0.511 bits per heavy atom. The van der Waals surface area contributed by atoms with Gasteiger partial charge in [0.05, 0.1) is 11.9 Å². The van der Waals surface area contributed by atoms with Gasteiger partial charge in [0, 0.05) is 10.5 Å². The van der Waals surface area contributed by atoms with E-state index < -0.39 is 22.4 Å². The van der Waals surface area contributed by atoms with E-state index in [4.69, 9.17) is 0 Å². The fourth-order valence-corrected chi connectivity index (χ4v) is 6.37. The Kier molecular flexibility index (Phi) is 48.4. The van der Waals surface area contributed by atoms with E-state index in [-0.39, 0.29) is 17.1 Å². The third-order valence-electron chi connectivity index (χ3n) is 9.21. The van der Waals surface area contributed by atoms with Gasteiger partial charge in [0.15, 0.2) is 0 Å². The summed E-state index contributed by atoms with van der Waals surface area (Å²) in [6.07, 6.45) is 44.1. The van der Waals surface area contributed by atoms with Crippen molar-refractivity contribution in [2.24, 2.45) is 0 Å². The number of hydrogen-bond acceptors (Lipinski definition) is 6. The summed E-state index contributed by atoms with van der Waals surface area (Å²) in [5, 5.41) is 19.8. The van der Waals surface area contributed by atoms with Gasteiger partial charge in [-0.2, -0.15) is 25.3 Å². The first-order valence-electron chi connectivity index (χ1n) is 20.1. The Morgan fingerprint density at radius 3 is 0.660 bits per heavy atom. The molecule has 4 nitrogen and oxygen atoms in total. The van der Waals surface area contributed by atoms with Crippen molar-refractivity contribution in [1.82, 2.24) is 0 Å². The van der Waals surface area contributed by atoms with Crippen LogP contribution >= 0.6 is 25.3 Å². The first kappa shape index (κ1) is 51.5. The molecule has 2 unspecified atom stereocenters. The SMILES string of the molecule is CCCCCCCCCCCCCCCCCCC(S)C(=O)[O-].CCCCCCCCCCCCCCCCCCC(S)C(=O)[O-].[Cu+2]. The third kappa shape index (κ3) is 46.2. The van der Waals surface area contributed by atoms with Crippen LogP contribution in [0, 0.1) is 0 Å². The van der Waals surface area contributed by atoms with Gasteiger partial charge in [0.2, 0.25) is 0 Å². The van der Waals surface area contributed by atoms with E-state index in [1.54, 1.807) is 0 Å². The van der Waals surface area contributed by atoms with Crippen molar-refractivity contribution in [3.05, 3.63) is 0 Å². The van der Waals surface area contributed by atoms with Crippen LogP contribution in [0.4, 0.5) is 0 Å². The van der Waals surface area contributed by atoms with Crippen molar-refractivity contribution in [2.45, 2.75) is 243 Å². The average molecular weight is 751 g/mol. The molecular formula is C40H78CuO4S2. The molecule has 0 N–H and O–H groups in total. The molecule has 285 valence electrons. The number of carbonyl (C=O) groups excluding carboxylic acids is 2. The van der Waals surface area contributed by atoms with Gasteiger partial charge in [0.1, 0.15) is 0 Å². The summed E-state index contributed by atoms with van der Waals surface area (Å²) in [6, 6.07) is 0. The van der Waals surface area contributed by atoms with Crippen molar-refractivity contribution < 1.29 is 36.9 Å². The van der Waals surface area contributed by atoms with E-state index >= 15 is 0 Å². The van der Waals surface area contributed by atoms with E-state index in [1.165, 1.54) is 180 Å². The average Bonchev–Trinajstić information content (AvgIpc) is 3.04. The van der Waals surface area contributed by atoms with Crippen LogP contribution in [0.1, 0.15) is 232 Å². The third-order valence-corrected chi connectivity index (χ3v) is 10.1. The maximum Gasteiger partial charge on any atom is 2.00 e. The van der Waals surface area contributed by atoms with Crippen LogP contribution in [0.25, 0.3) is 0 Å². The van der Waals surface area contributed by atoms with Gasteiger partial charge in [-0.1, -0.05) is 219 Å². The van der Waals surface area contributed by atoms with Gasteiger partial charge in [0.25, 0.3) is 0 Å². The molecule has 0 aliphatic rings. The molecule has 0 rings (SSSR count). The Labute approximate surface area is 315 Å². The summed E-state index contributed by atoms with van der Waals surface area (Å²) in [7, 11) is 0. The first-order chi connectivity index (χ1) is 22.4. The Balaban J connectivity index is -0.000000807. The van der Waals surface area contributed by atoms with E-state index in [0.717, 1.165) is 25.7 Å². The molecule has 0 aromatic rings. The molecule has 0 bridgehead atoms. The van der Waals surface area contributed by atoms with Crippen LogP contribution in [0.15, 0.2) is 0 Å². The van der Waals surface area contributed by atoms with Gasteiger partial charge in [-0.15, -0.1) is 0 Å². The number of hydrogen-bond donors (Lipinski definition) is 2. The summed E-state index contributed by atoms with van der Waals surface area (Å²) < 4.78 is 0. The molecule has 0 aromatic carbocycles. The summed E-state index contributed by atoms with van der Waals surface area (Å²) in [6.45, 7) is 4.54. The van der Waals surface area contributed by atoms with Crippen molar-refractivity contribution in [2.75, 3.05) is 0 Å². The fourth-order valence-electron chi connectivity index (χ4n) is 6.01. The number of carbonyl (C=O) groups is 2. The van der Waals surface area contributed by atoms with Crippen LogP contribution in [0.3, 0.4) is 0 Å². The second kappa shape index (κ2) is 44.2. The number of unbranched alkanes of at least 4 members (excludes halogenated alkanes) is 30. The summed E-state index contributed by atoms with van der Waals surface area (Å²) in [4.78, 5) is 21.0. The van der Waals surface area contributed by atoms with Crippen molar-refractivity contribution in [1.29, 1.82) is 0 Å². The molecule has 0 aliphatic carbocycles. The standard InChI is InChI=1S/2C20H40O2S.Cu/c2*1-2-3-4-5-6-7-8-9-10-11-12-13-14-15-16-17-18-19(23)20(21)22;/h2*19,23H,2-18H2,1H3,(H,21,22);/q;;+2/p-2. The molecule has 2 atom stereocenters. The zero-order chi connectivity index (χ0) is 34.4. The Hall–Kier alpha value is 0.159. The number of thiol groups is 2. The van der Waals surface area contributed by atoms with Gasteiger partial charge in [-0.05, 0) is 12.8 Å². The largest absolute Gasteiger partial charge is 2.00 e. The summed E-state index contributed by atoms with van der Waals surface area (Å²) >= 11 is 7.98. The Bertz CT molecular complexity index is 571. The number of carboxylic acids is 2. The van der Waals surface area contributed by atoms with Gasteiger partial charge < -0.3 is 19.8 Å². The van der Waals surface area contributed by atoms with E-state index in [2.05, 4.69) is 39.1 Å². The molecule has 1 radical (unpaired) electrons. The molecule has 0 heterocycles. The zero-order valence-corrected chi connectivity index (χ0v) is 33.8. The zero-order valence-electron chi connectivity index (χ0n) is 31.0. The van der Waals surface area contributed by atoms with Crippen LogP contribution < -0.4 is 10.2 Å². The molecule has 7 heteroatoms. The van der Waals surface area contributed by atoms with E-state index in [1.807, 2.05) is 0 Å². The minimum absolute atomic E-state index is 0. The van der Waals surface area contributed by atoms with Gasteiger partial charge in [-0.25, -0.2) is 0 Å². The summed E-state index contributed by atoms with van der Waals surface area (Å²) in [5.41, 5.74) is 0. The van der Waals surface area contributed by atoms with Crippen molar-refractivity contribution in [3.63, 3.8) is 0 Å². The maximum atomic E-state index is 10.5. The topological polar surface area (TPSA) is 80.3 Å². The van der Waals surface area contributed by atoms with Gasteiger partial charge >= 0.3 is 17.1 Å². The smallest absolute Gasteiger partial charge is 0.549 e. The second-order valence-corrected chi connectivity index (χ2v) is 15.1. The predicted octanol–water partition coefficient (Wildman–Crippen LogP) is 11.4.